The minimum Gasteiger partial charge on any atom is -0.449 e. The van der Waals surface area contributed by atoms with Gasteiger partial charge in [-0.15, -0.1) is 0 Å². The van der Waals surface area contributed by atoms with Crippen LogP contribution >= 0.6 is 0 Å². The van der Waals surface area contributed by atoms with E-state index in [-0.39, 0.29) is 10.9 Å². The van der Waals surface area contributed by atoms with E-state index in [1.54, 1.807) is 43.6 Å². The van der Waals surface area contributed by atoms with Gasteiger partial charge >= 0.3 is 0 Å². The Bertz CT molecular complexity index is 1040. The van der Waals surface area contributed by atoms with Crippen molar-refractivity contribution < 1.29 is 12.8 Å². The summed E-state index contributed by atoms with van der Waals surface area (Å²) < 4.78 is 35.2. The van der Waals surface area contributed by atoms with Crippen LogP contribution in [-0.2, 0) is 17.1 Å². The molecular weight excluding hydrogens is 366 g/mol. The van der Waals surface area contributed by atoms with Crippen LogP contribution in [0.3, 0.4) is 0 Å². The lowest BCUT2D eigenvalue weighted by Gasteiger charge is -2.34. The molecule has 1 aliphatic heterocycles. The normalized spacial score (nSPS) is 18.7. The van der Waals surface area contributed by atoms with E-state index < -0.39 is 10.0 Å². The summed E-state index contributed by atoms with van der Waals surface area (Å²) >= 11 is 0. The van der Waals surface area contributed by atoms with Gasteiger partial charge in [-0.3, -0.25) is 0 Å². The van der Waals surface area contributed by atoms with E-state index in [0.29, 0.717) is 31.2 Å². The Morgan fingerprint density at radius 2 is 2.04 bits per heavy atom. The molecule has 1 aliphatic rings. The van der Waals surface area contributed by atoms with Crippen molar-refractivity contribution in [2.24, 2.45) is 7.05 Å². The molecule has 0 amide bonds. The number of nitrogens with one attached hydrogen (secondary N) is 1. The van der Waals surface area contributed by atoms with Gasteiger partial charge in [-0.25, -0.2) is 18.4 Å². The molecule has 3 aromatic rings. The first kappa shape index (κ1) is 17.9. The van der Waals surface area contributed by atoms with E-state index in [2.05, 4.69) is 15.3 Å². The van der Waals surface area contributed by atoms with E-state index in [0.717, 1.165) is 11.4 Å². The van der Waals surface area contributed by atoms with Crippen LogP contribution in [0.2, 0.25) is 0 Å². The molecule has 0 saturated carbocycles. The Hall–Kier alpha value is -2.49. The molecule has 9 heteroatoms. The second kappa shape index (κ2) is 6.91. The predicted molar refractivity (Wildman–Crippen MR) is 99.4 cm³/mol. The number of oxazole rings is 1. The predicted octanol–water partition coefficient (Wildman–Crippen LogP) is 1.72. The van der Waals surface area contributed by atoms with Crippen LogP contribution in [0.4, 0.5) is 0 Å². The minimum absolute atomic E-state index is 0.257. The molecule has 142 valence electrons. The fourth-order valence-electron chi connectivity index (χ4n) is 3.32. The molecule has 4 rings (SSSR count). The van der Waals surface area contributed by atoms with Crippen molar-refractivity contribution in [1.82, 2.24) is 24.2 Å². The largest absolute Gasteiger partial charge is 0.449 e. The first-order valence-electron chi connectivity index (χ1n) is 8.69. The first-order valence-corrected chi connectivity index (χ1v) is 10.1. The Kier molecular flexibility index (Phi) is 4.58. The first-order chi connectivity index (χ1) is 13.0. The van der Waals surface area contributed by atoms with Crippen molar-refractivity contribution in [2.75, 3.05) is 19.6 Å². The molecule has 0 radical (unpaired) electrons. The number of imidazole rings is 1. The fourth-order valence-corrected chi connectivity index (χ4v) is 4.91. The van der Waals surface area contributed by atoms with Gasteiger partial charge in [0.25, 0.3) is 0 Å². The Balaban J connectivity index is 1.66. The van der Waals surface area contributed by atoms with Gasteiger partial charge < -0.3 is 14.3 Å². The maximum atomic E-state index is 13.3. The third-order valence-electron chi connectivity index (χ3n) is 4.73. The maximum Gasteiger partial charge on any atom is 0.243 e. The molecule has 1 fully saturated rings. The lowest BCUT2D eigenvalue weighted by Crippen LogP contribution is -2.49. The van der Waals surface area contributed by atoms with Crippen molar-refractivity contribution in [1.29, 1.82) is 0 Å². The third-order valence-corrected chi connectivity index (χ3v) is 6.65. The van der Waals surface area contributed by atoms with E-state index in [9.17, 15) is 8.42 Å². The van der Waals surface area contributed by atoms with E-state index in [1.807, 2.05) is 17.8 Å². The van der Waals surface area contributed by atoms with Crippen molar-refractivity contribution >= 4 is 10.0 Å². The molecule has 1 aromatic carbocycles. The quantitative estimate of drug-likeness (QED) is 0.733. The van der Waals surface area contributed by atoms with Gasteiger partial charge in [0, 0.05) is 51.6 Å². The van der Waals surface area contributed by atoms with Crippen molar-refractivity contribution in [3.63, 3.8) is 0 Å². The van der Waals surface area contributed by atoms with Crippen molar-refractivity contribution in [3.05, 3.63) is 54.6 Å². The lowest BCUT2D eigenvalue weighted by atomic mass is 10.2. The maximum absolute atomic E-state index is 13.3. The van der Waals surface area contributed by atoms with Crippen LogP contribution in [-0.4, -0.2) is 46.9 Å². The number of aryl methyl sites for hydroxylation is 2. The Morgan fingerprint density at radius 1 is 1.26 bits per heavy atom. The molecule has 1 unspecified atom stereocenters. The zero-order valence-electron chi connectivity index (χ0n) is 15.2. The molecule has 1 saturated heterocycles. The number of hydrogen-bond acceptors (Lipinski definition) is 6. The highest BCUT2D eigenvalue weighted by Crippen LogP contribution is 2.29. The van der Waals surface area contributed by atoms with Crippen LogP contribution in [0.1, 0.15) is 17.8 Å². The number of nitrogens with zero attached hydrogens (tertiary/aromatic N) is 4. The smallest absolute Gasteiger partial charge is 0.243 e. The second-order valence-electron chi connectivity index (χ2n) is 6.51. The molecule has 8 nitrogen and oxygen atoms in total. The van der Waals surface area contributed by atoms with Crippen molar-refractivity contribution in [2.45, 2.75) is 17.9 Å². The highest BCUT2D eigenvalue weighted by molar-refractivity contribution is 7.89. The number of sulfonamides is 1. The highest BCUT2D eigenvalue weighted by atomic mass is 32.2. The molecule has 0 spiro atoms. The number of hydrogen-bond donors (Lipinski definition) is 1. The molecule has 3 heterocycles. The zero-order chi connectivity index (χ0) is 19.0. The molecular formula is C18H21N5O3S. The summed E-state index contributed by atoms with van der Waals surface area (Å²) in [6.45, 7) is 3.30. The van der Waals surface area contributed by atoms with Crippen LogP contribution in [0.25, 0.3) is 11.3 Å². The summed E-state index contributed by atoms with van der Waals surface area (Å²) in [5.74, 6) is 1.29. The average molecular weight is 387 g/mol. The van der Waals surface area contributed by atoms with Gasteiger partial charge in [-0.1, -0.05) is 12.1 Å². The van der Waals surface area contributed by atoms with Gasteiger partial charge in [0.05, 0.1) is 10.9 Å². The Morgan fingerprint density at radius 3 is 2.67 bits per heavy atom. The molecule has 1 atom stereocenters. The Labute approximate surface area is 157 Å². The number of benzene rings is 1. The minimum atomic E-state index is -3.65. The van der Waals surface area contributed by atoms with E-state index >= 15 is 0 Å². The van der Waals surface area contributed by atoms with Crippen LogP contribution in [0.15, 0.2) is 52.2 Å². The SMILES string of the molecule is Cc1nc(-c2ccc(S(=O)(=O)N3CCNCC3c3nccn3C)cc2)co1. The van der Waals surface area contributed by atoms with Crippen LogP contribution in [0, 0.1) is 6.92 Å². The summed E-state index contributed by atoms with van der Waals surface area (Å²) in [6, 6.07) is 6.39. The summed E-state index contributed by atoms with van der Waals surface area (Å²) in [7, 11) is -1.78. The number of piperazine rings is 1. The monoisotopic (exact) mass is 387 g/mol. The summed E-state index contributed by atoms with van der Waals surface area (Å²) in [6.07, 6.45) is 5.07. The van der Waals surface area contributed by atoms with Gasteiger partial charge in [0.15, 0.2) is 5.89 Å². The lowest BCUT2D eigenvalue weighted by molar-refractivity contribution is 0.258. The summed E-state index contributed by atoms with van der Waals surface area (Å²) in [5, 5.41) is 3.26. The van der Waals surface area contributed by atoms with Gasteiger partial charge in [-0.05, 0) is 12.1 Å². The second-order valence-corrected chi connectivity index (χ2v) is 8.40. The van der Waals surface area contributed by atoms with Gasteiger partial charge in [0.2, 0.25) is 10.0 Å². The molecule has 27 heavy (non-hydrogen) atoms. The third kappa shape index (κ3) is 3.29. The van der Waals surface area contributed by atoms with Gasteiger partial charge in [0.1, 0.15) is 17.8 Å². The highest BCUT2D eigenvalue weighted by Gasteiger charge is 2.36. The molecule has 0 aliphatic carbocycles. The number of rotatable bonds is 4. The fraction of sp³-hybridized carbons (Fsp3) is 0.333. The molecule has 2 aromatic heterocycles. The van der Waals surface area contributed by atoms with Crippen molar-refractivity contribution in [3.8, 4) is 11.3 Å². The van der Waals surface area contributed by atoms with E-state index in [4.69, 9.17) is 4.42 Å². The number of aromatic nitrogens is 3. The van der Waals surface area contributed by atoms with Crippen LogP contribution in [0.5, 0.6) is 0 Å². The average Bonchev–Trinajstić information content (AvgIpc) is 3.30. The van der Waals surface area contributed by atoms with E-state index in [1.165, 1.54) is 4.31 Å². The van der Waals surface area contributed by atoms with Crippen LogP contribution < -0.4 is 5.32 Å². The molecule has 1 N–H and O–H groups in total. The zero-order valence-corrected chi connectivity index (χ0v) is 16.0. The summed E-state index contributed by atoms with van der Waals surface area (Å²) in [4.78, 5) is 8.88. The topological polar surface area (TPSA) is 93.3 Å². The summed E-state index contributed by atoms with van der Waals surface area (Å²) in [5.41, 5.74) is 1.50. The molecule has 0 bridgehead atoms. The standard InChI is InChI=1S/C18H21N5O3S/c1-13-21-16(12-26-13)14-3-5-15(6-4-14)27(24,25)23-10-7-19-11-17(23)18-20-8-9-22(18)2/h3-6,8-9,12,17,19H,7,10-11H2,1-2H3. The van der Waals surface area contributed by atoms with Gasteiger partial charge in [-0.2, -0.15) is 4.31 Å².